The SMILES string of the molecule is CC1(C)c2cc(C#N)ccc2-c2ccc(-c3c4ccccc4c4c5c(cccc35)-c3ccccc3C4(C)C)cc21. The highest BCUT2D eigenvalue weighted by molar-refractivity contribution is 6.20. The molecular formula is C39H29N. The molecule has 0 fully saturated rings. The molecule has 0 amide bonds. The maximum Gasteiger partial charge on any atom is 0.0991 e. The van der Waals surface area contributed by atoms with Crippen molar-refractivity contribution in [1.82, 2.24) is 0 Å². The molecule has 8 rings (SSSR count). The Bertz CT molecular complexity index is 2120. The van der Waals surface area contributed by atoms with Crippen molar-refractivity contribution in [3.05, 3.63) is 131 Å². The van der Waals surface area contributed by atoms with E-state index in [9.17, 15) is 5.26 Å². The van der Waals surface area contributed by atoms with Crippen LogP contribution in [0.15, 0.2) is 103 Å². The van der Waals surface area contributed by atoms with Crippen LogP contribution in [0, 0.1) is 11.3 Å². The molecule has 0 aromatic heterocycles. The molecule has 0 saturated carbocycles. The largest absolute Gasteiger partial charge is 0.192 e. The summed E-state index contributed by atoms with van der Waals surface area (Å²) < 4.78 is 0. The van der Waals surface area contributed by atoms with Crippen LogP contribution in [0.25, 0.3) is 54.9 Å². The van der Waals surface area contributed by atoms with Gasteiger partial charge in [-0.1, -0.05) is 113 Å². The third kappa shape index (κ3) is 2.81. The van der Waals surface area contributed by atoms with Crippen molar-refractivity contribution >= 4 is 21.5 Å². The molecule has 0 unspecified atom stereocenters. The van der Waals surface area contributed by atoms with Crippen molar-refractivity contribution < 1.29 is 0 Å². The minimum atomic E-state index is -0.184. The van der Waals surface area contributed by atoms with Crippen LogP contribution in [0.1, 0.15) is 55.5 Å². The van der Waals surface area contributed by atoms with Gasteiger partial charge in [-0.05, 0) is 95.4 Å². The van der Waals surface area contributed by atoms with E-state index in [0.29, 0.717) is 0 Å². The number of nitrogens with zero attached hydrogens (tertiary/aromatic N) is 1. The molecule has 0 heterocycles. The highest BCUT2D eigenvalue weighted by Gasteiger charge is 2.38. The molecule has 0 aliphatic heterocycles. The molecular weight excluding hydrogens is 482 g/mol. The number of nitriles is 1. The molecule has 1 heteroatoms. The number of fused-ring (bicyclic) bond motifs is 7. The van der Waals surface area contributed by atoms with E-state index in [-0.39, 0.29) is 10.8 Å². The standard InChI is InChI=1S/C39H29N/c1-38(2)33-20-23(22-40)16-18-26(33)27-19-17-24(21-34(27)38)35-29-11-5-6-12-30(29)37-36-28(13-9-14-31(35)36)25-10-7-8-15-32(25)39(37,3)4/h5-21H,1-4H3. The summed E-state index contributed by atoms with van der Waals surface area (Å²) >= 11 is 0. The highest BCUT2D eigenvalue weighted by Crippen LogP contribution is 2.55. The number of benzene rings is 6. The Morgan fingerprint density at radius 1 is 0.525 bits per heavy atom. The van der Waals surface area contributed by atoms with Crippen LogP contribution in [0.4, 0.5) is 0 Å². The van der Waals surface area contributed by atoms with E-state index < -0.39 is 0 Å². The lowest BCUT2D eigenvalue weighted by Gasteiger charge is -2.37. The second kappa shape index (κ2) is 7.71. The Labute approximate surface area is 235 Å². The average molecular weight is 512 g/mol. The van der Waals surface area contributed by atoms with Crippen molar-refractivity contribution in [2.75, 3.05) is 0 Å². The minimum Gasteiger partial charge on any atom is -0.192 e. The van der Waals surface area contributed by atoms with Gasteiger partial charge in [-0.2, -0.15) is 5.26 Å². The van der Waals surface area contributed by atoms with Gasteiger partial charge in [0.25, 0.3) is 0 Å². The van der Waals surface area contributed by atoms with Gasteiger partial charge in [-0.25, -0.2) is 0 Å². The quantitative estimate of drug-likeness (QED) is 0.201. The second-order valence-corrected chi connectivity index (χ2v) is 12.5. The van der Waals surface area contributed by atoms with Crippen LogP contribution >= 0.6 is 0 Å². The Hall–Kier alpha value is -4.67. The van der Waals surface area contributed by atoms with Gasteiger partial charge in [0.1, 0.15) is 0 Å². The summed E-state index contributed by atoms with van der Waals surface area (Å²) in [5.41, 5.74) is 13.5. The van der Waals surface area contributed by atoms with Crippen LogP contribution < -0.4 is 0 Å². The zero-order chi connectivity index (χ0) is 27.4. The van der Waals surface area contributed by atoms with E-state index in [0.717, 1.165) is 5.56 Å². The summed E-state index contributed by atoms with van der Waals surface area (Å²) in [6.07, 6.45) is 0. The van der Waals surface area contributed by atoms with Crippen molar-refractivity contribution in [3.63, 3.8) is 0 Å². The van der Waals surface area contributed by atoms with Crippen LogP contribution in [0.2, 0.25) is 0 Å². The van der Waals surface area contributed by atoms with E-state index >= 15 is 0 Å². The molecule has 0 N–H and O–H groups in total. The average Bonchev–Trinajstić information content (AvgIpc) is 3.20. The summed E-state index contributed by atoms with van der Waals surface area (Å²) in [5.74, 6) is 0. The fourth-order valence-corrected chi connectivity index (χ4v) is 7.77. The van der Waals surface area contributed by atoms with E-state index in [1.807, 2.05) is 6.07 Å². The highest BCUT2D eigenvalue weighted by atomic mass is 14.4. The molecule has 0 radical (unpaired) electrons. The van der Waals surface area contributed by atoms with Gasteiger partial charge in [-0.15, -0.1) is 0 Å². The fourth-order valence-electron chi connectivity index (χ4n) is 7.77. The molecule has 0 spiro atoms. The molecule has 0 bridgehead atoms. The third-order valence-corrected chi connectivity index (χ3v) is 9.66. The lowest BCUT2D eigenvalue weighted by atomic mass is 9.66. The molecule has 2 aliphatic carbocycles. The first-order valence-electron chi connectivity index (χ1n) is 14.1. The van der Waals surface area contributed by atoms with Crippen LogP contribution in [-0.4, -0.2) is 0 Å². The van der Waals surface area contributed by atoms with Gasteiger partial charge >= 0.3 is 0 Å². The smallest absolute Gasteiger partial charge is 0.0991 e. The van der Waals surface area contributed by atoms with Gasteiger partial charge in [0.15, 0.2) is 0 Å². The van der Waals surface area contributed by atoms with Crippen LogP contribution in [-0.2, 0) is 10.8 Å². The van der Waals surface area contributed by atoms with Crippen molar-refractivity contribution in [3.8, 4) is 39.4 Å². The molecule has 6 aromatic carbocycles. The molecule has 0 saturated heterocycles. The summed E-state index contributed by atoms with van der Waals surface area (Å²) in [4.78, 5) is 0. The maximum absolute atomic E-state index is 9.57. The van der Waals surface area contributed by atoms with Crippen molar-refractivity contribution in [2.24, 2.45) is 0 Å². The van der Waals surface area contributed by atoms with Gasteiger partial charge in [0.05, 0.1) is 11.6 Å². The second-order valence-electron chi connectivity index (χ2n) is 12.5. The van der Waals surface area contributed by atoms with E-state index in [1.165, 1.54) is 77.2 Å². The Balaban J connectivity index is 1.48. The van der Waals surface area contributed by atoms with Crippen molar-refractivity contribution in [1.29, 1.82) is 5.26 Å². The molecule has 0 atom stereocenters. The van der Waals surface area contributed by atoms with E-state index in [2.05, 4.69) is 131 Å². The first kappa shape index (κ1) is 23.2. The topological polar surface area (TPSA) is 23.8 Å². The van der Waals surface area contributed by atoms with Gasteiger partial charge in [0.2, 0.25) is 0 Å². The first-order valence-corrected chi connectivity index (χ1v) is 14.1. The van der Waals surface area contributed by atoms with Crippen LogP contribution in [0.3, 0.4) is 0 Å². The summed E-state index contributed by atoms with van der Waals surface area (Å²) in [6.45, 7) is 9.34. The van der Waals surface area contributed by atoms with Gasteiger partial charge < -0.3 is 0 Å². The fraction of sp³-hybridized carbons (Fsp3) is 0.154. The molecule has 6 aromatic rings. The first-order chi connectivity index (χ1) is 19.3. The lowest BCUT2D eigenvalue weighted by molar-refractivity contribution is 0.651. The number of hydrogen-bond donors (Lipinski definition) is 0. The maximum atomic E-state index is 9.57. The monoisotopic (exact) mass is 511 g/mol. The van der Waals surface area contributed by atoms with Crippen molar-refractivity contribution in [2.45, 2.75) is 38.5 Å². The zero-order valence-electron chi connectivity index (χ0n) is 23.3. The molecule has 1 nitrogen and oxygen atoms in total. The minimum absolute atomic E-state index is 0.124. The third-order valence-electron chi connectivity index (χ3n) is 9.66. The van der Waals surface area contributed by atoms with E-state index in [1.54, 1.807) is 0 Å². The molecule has 2 aliphatic rings. The van der Waals surface area contributed by atoms with E-state index in [4.69, 9.17) is 0 Å². The number of hydrogen-bond acceptors (Lipinski definition) is 1. The zero-order valence-corrected chi connectivity index (χ0v) is 23.3. The molecule has 190 valence electrons. The van der Waals surface area contributed by atoms with Gasteiger partial charge in [-0.3, -0.25) is 0 Å². The summed E-state index contributed by atoms with van der Waals surface area (Å²) in [6, 6.07) is 40.2. The molecule has 40 heavy (non-hydrogen) atoms. The summed E-state index contributed by atoms with van der Waals surface area (Å²) in [5, 5.41) is 14.9. The lowest BCUT2D eigenvalue weighted by Crippen LogP contribution is -2.24. The predicted octanol–water partition coefficient (Wildman–Crippen LogP) is 10.1. The predicted molar refractivity (Wildman–Crippen MR) is 167 cm³/mol. The Morgan fingerprint density at radius 2 is 1.15 bits per heavy atom. The Kier molecular flexibility index (Phi) is 4.48. The Morgan fingerprint density at radius 3 is 1.95 bits per heavy atom. The number of rotatable bonds is 1. The van der Waals surface area contributed by atoms with Crippen LogP contribution in [0.5, 0.6) is 0 Å². The summed E-state index contributed by atoms with van der Waals surface area (Å²) in [7, 11) is 0. The van der Waals surface area contributed by atoms with Gasteiger partial charge in [0, 0.05) is 10.8 Å². The normalized spacial score (nSPS) is 15.4.